The lowest BCUT2D eigenvalue weighted by atomic mass is 10.1. The van der Waals surface area contributed by atoms with Gasteiger partial charge in [0.2, 0.25) is 0 Å². The van der Waals surface area contributed by atoms with Crippen LogP contribution in [0.1, 0.15) is 5.56 Å². The molecule has 9 heteroatoms. The Kier molecular flexibility index (Phi) is 3.89. The van der Waals surface area contributed by atoms with Crippen LogP contribution in [0.25, 0.3) is 6.08 Å². The number of nitriles is 1. The quantitative estimate of drug-likeness (QED) is 0.374. The van der Waals surface area contributed by atoms with Gasteiger partial charge in [-0.15, -0.1) is 0 Å². The van der Waals surface area contributed by atoms with Gasteiger partial charge in [-0.2, -0.15) is 5.26 Å². The molecule has 0 aliphatic carbocycles. The van der Waals surface area contributed by atoms with Crippen molar-refractivity contribution in [3.05, 3.63) is 49.6 Å². The molecular weight excluding hydrogens is 258 g/mol. The Labute approximate surface area is 105 Å². The van der Waals surface area contributed by atoms with Crippen molar-refractivity contribution >= 4 is 23.4 Å². The van der Waals surface area contributed by atoms with E-state index in [0.29, 0.717) is 6.07 Å². The lowest BCUT2D eigenvalue weighted by Crippen LogP contribution is -1.99. The summed E-state index contributed by atoms with van der Waals surface area (Å²) in [6, 6.07) is 4.05. The number of benzene rings is 1. The molecule has 0 saturated heterocycles. The van der Waals surface area contributed by atoms with Crippen molar-refractivity contribution in [3.63, 3.8) is 0 Å². The molecular formula is C10H5N3O6. The molecule has 1 rings (SSSR count). The van der Waals surface area contributed by atoms with E-state index in [-0.39, 0.29) is 5.56 Å². The zero-order chi connectivity index (χ0) is 14.6. The number of non-ortho nitro benzene ring substituents is 1. The molecule has 1 aromatic carbocycles. The summed E-state index contributed by atoms with van der Waals surface area (Å²) in [6.07, 6.45) is 0.782. The minimum absolute atomic E-state index is 0.199. The van der Waals surface area contributed by atoms with Crippen molar-refractivity contribution < 1.29 is 19.7 Å². The fraction of sp³-hybridized carbons (Fsp3) is 0. The Hall–Kier alpha value is -3.28. The summed E-state index contributed by atoms with van der Waals surface area (Å²) >= 11 is 0. The average molecular weight is 263 g/mol. The number of hydrogen-bond acceptors (Lipinski definition) is 6. The smallest absolute Gasteiger partial charge is 0.346 e. The fourth-order valence-corrected chi connectivity index (χ4v) is 1.22. The minimum atomic E-state index is -1.55. The van der Waals surface area contributed by atoms with Crippen LogP contribution in [-0.2, 0) is 4.79 Å². The van der Waals surface area contributed by atoms with Gasteiger partial charge in [-0.05, 0) is 12.1 Å². The number of aliphatic carboxylic acids is 1. The number of nitro benzene ring substituents is 2. The van der Waals surface area contributed by atoms with Crippen molar-refractivity contribution in [3.8, 4) is 6.07 Å². The maximum atomic E-state index is 10.8. The number of rotatable bonds is 4. The van der Waals surface area contributed by atoms with Crippen molar-refractivity contribution in [2.75, 3.05) is 0 Å². The van der Waals surface area contributed by atoms with E-state index < -0.39 is 32.8 Å². The SMILES string of the molecule is N#C/C(=C\c1ccc([N+](=O)[O-])cc1[N+](=O)[O-])C(=O)O. The molecule has 0 atom stereocenters. The lowest BCUT2D eigenvalue weighted by Gasteiger charge is -1.98. The van der Waals surface area contributed by atoms with Crippen LogP contribution in [-0.4, -0.2) is 20.9 Å². The molecule has 0 saturated carbocycles. The van der Waals surface area contributed by atoms with Crippen molar-refractivity contribution in [2.45, 2.75) is 0 Å². The second-order valence-corrected chi connectivity index (χ2v) is 3.23. The number of nitrogens with zero attached hydrogens (tertiary/aromatic N) is 3. The first kappa shape index (κ1) is 13.8. The highest BCUT2D eigenvalue weighted by Gasteiger charge is 2.19. The number of carbonyl (C=O) groups is 1. The molecule has 1 N–H and O–H groups in total. The predicted molar refractivity (Wildman–Crippen MR) is 61.0 cm³/mol. The summed E-state index contributed by atoms with van der Waals surface area (Å²) in [4.78, 5) is 30.2. The van der Waals surface area contributed by atoms with Gasteiger partial charge in [-0.1, -0.05) is 0 Å². The first-order valence-corrected chi connectivity index (χ1v) is 4.64. The lowest BCUT2D eigenvalue weighted by molar-refractivity contribution is -0.394. The molecule has 0 unspecified atom stereocenters. The summed E-state index contributed by atoms with van der Waals surface area (Å²) < 4.78 is 0. The summed E-state index contributed by atoms with van der Waals surface area (Å²) in [5, 5.41) is 38.4. The van der Waals surface area contributed by atoms with Crippen LogP contribution < -0.4 is 0 Å². The Bertz CT molecular complexity index is 643. The molecule has 0 aliphatic rings. The molecule has 9 nitrogen and oxygen atoms in total. The van der Waals surface area contributed by atoms with Gasteiger partial charge in [0.15, 0.2) is 0 Å². The molecule has 0 heterocycles. The second-order valence-electron chi connectivity index (χ2n) is 3.23. The Balaban J connectivity index is 3.45. The summed E-state index contributed by atoms with van der Waals surface area (Å²) in [5.74, 6) is -1.55. The van der Waals surface area contributed by atoms with Crippen molar-refractivity contribution in [1.29, 1.82) is 5.26 Å². The molecule has 0 aromatic heterocycles. The van der Waals surface area contributed by atoms with Gasteiger partial charge in [-0.25, -0.2) is 4.79 Å². The molecule has 0 bridgehead atoms. The van der Waals surface area contributed by atoms with E-state index in [0.717, 1.165) is 18.2 Å². The predicted octanol–water partition coefficient (Wildman–Crippen LogP) is 1.49. The second kappa shape index (κ2) is 5.37. The first-order chi connectivity index (χ1) is 8.86. The number of hydrogen-bond donors (Lipinski definition) is 1. The van der Waals surface area contributed by atoms with Gasteiger partial charge in [-0.3, -0.25) is 20.2 Å². The third-order valence-corrected chi connectivity index (χ3v) is 2.07. The molecule has 0 fully saturated rings. The van der Waals surface area contributed by atoms with E-state index in [2.05, 4.69) is 0 Å². The largest absolute Gasteiger partial charge is 0.477 e. The summed E-state index contributed by atoms with van der Waals surface area (Å²) in [5.41, 5.74) is -2.06. The number of carboxylic acids is 1. The molecule has 1 aromatic rings. The van der Waals surface area contributed by atoms with Gasteiger partial charge < -0.3 is 5.11 Å². The van der Waals surface area contributed by atoms with Gasteiger partial charge >= 0.3 is 5.97 Å². The van der Waals surface area contributed by atoms with Crippen molar-refractivity contribution in [2.24, 2.45) is 0 Å². The van der Waals surface area contributed by atoms with E-state index in [4.69, 9.17) is 10.4 Å². The maximum Gasteiger partial charge on any atom is 0.346 e. The standard InChI is InChI=1S/C10H5N3O6/c11-5-7(10(14)15)3-6-1-2-8(12(16)17)4-9(6)13(18)19/h1-4H,(H,14,15)/b7-3+. The number of nitro groups is 2. The monoisotopic (exact) mass is 263 g/mol. The average Bonchev–Trinajstić information content (AvgIpc) is 2.35. The van der Waals surface area contributed by atoms with Crippen LogP contribution in [0.15, 0.2) is 23.8 Å². The minimum Gasteiger partial charge on any atom is -0.477 e. The molecule has 0 aliphatic heterocycles. The zero-order valence-electron chi connectivity index (χ0n) is 9.14. The summed E-state index contributed by atoms with van der Waals surface area (Å²) in [6.45, 7) is 0. The van der Waals surface area contributed by atoms with Crippen LogP contribution in [0.4, 0.5) is 11.4 Å². The van der Waals surface area contributed by atoms with Crippen LogP contribution in [0.2, 0.25) is 0 Å². The van der Waals surface area contributed by atoms with Crippen LogP contribution >= 0.6 is 0 Å². The topological polar surface area (TPSA) is 147 Å². The Morgan fingerprint density at radius 3 is 2.37 bits per heavy atom. The highest BCUT2D eigenvalue weighted by molar-refractivity contribution is 5.97. The summed E-state index contributed by atoms with van der Waals surface area (Å²) in [7, 11) is 0. The number of carboxylic acid groups (broad SMARTS) is 1. The van der Waals surface area contributed by atoms with Gasteiger partial charge in [0, 0.05) is 6.07 Å². The van der Waals surface area contributed by atoms with Gasteiger partial charge in [0.25, 0.3) is 11.4 Å². The third-order valence-electron chi connectivity index (χ3n) is 2.07. The van der Waals surface area contributed by atoms with E-state index in [9.17, 15) is 25.0 Å². The van der Waals surface area contributed by atoms with E-state index in [1.807, 2.05) is 0 Å². The van der Waals surface area contributed by atoms with Gasteiger partial charge in [0.05, 0.1) is 21.5 Å². The molecule has 19 heavy (non-hydrogen) atoms. The van der Waals surface area contributed by atoms with E-state index in [1.165, 1.54) is 6.07 Å². The molecule has 96 valence electrons. The third kappa shape index (κ3) is 3.10. The van der Waals surface area contributed by atoms with Crippen LogP contribution in [0, 0.1) is 31.6 Å². The Morgan fingerprint density at radius 2 is 1.95 bits per heavy atom. The highest BCUT2D eigenvalue weighted by atomic mass is 16.6. The van der Waals surface area contributed by atoms with Crippen LogP contribution in [0.3, 0.4) is 0 Å². The first-order valence-electron chi connectivity index (χ1n) is 4.64. The highest BCUT2D eigenvalue weighted by Crippen LogP contribution is 2.26. The normalized spacial score (nSPS) is 10.6. The maximum absolute atomic E-state index is 10.8. The fourth-order valence-electron chi connectivity index (χ4n) is 1.22. The molecule has 0 amide bonds. The van der Waals surface area contributed by atoms with Gasteiger partial charge in [0.1, 0.15) is 11.6 Å². The van der Waals surface area contributed by atoms with Crippen molar-refractivity contribution in [1.82, 2.24) is 0 Å². The van der Waals surface area contributed by atoms with E-state index in [1.54, 1.807) is 0 Å². The zero-order valence-corrected chi connectivity index (χ0v) is 9.14. The van der Waals surface area contributed by atoms with E-state index >= 15 is 0 Å². The Morgan fingerprint density at radius 1 is 1.32 bits per heavy atom. The molecule has 0 radical (unpaired) electrons. The molecule has 0 spiro atoms. The van der Waals surface area contributed by atoms with Crippen LogP contribution in [0.5, 0.6) is 0 Å².